The zero-order chi connectivity index (χ0) is 16.0. The van der Waals surface area contributed by atoms with Crippen LogP contribution in [0.25, 0.3) is 0 Å². The Balaban J connectivity index is 2.66. The van der Waals surface area contributed by atoms with E-state index < -0.39 is 36.0 Å². The zero-order valence-electron chi connectivity index (χ0n) is 10.4. The Bertz CT molecular complexity index is 531. The number of ether oxygens (including phenoxy) is 2. The molecular weight excluding hydrogens is 299 g/mol. The summed E-state index contributed by atoms with van der Waals surface area (Å²) in [5.74, 6) is -1.67. The van der Waals surface area contributed by atoms with Crippen molar-refractivity contribution in [3.05, 3.63) is 33.9 Å². The lowest BCUT2D eigenvalue weighted by Crippen LogP contribution is -2.19. The van der Waals surface area contributed by atoms with E-state index in [-0.39, 0.29) is 17.9 Å². The molecule has 21 heavy (non-hydrogen) atoms. The second-order valence-electron chi connectivity index (χ2n) is 3.76. The first-order valence-electron chi connectivity index (χ1n) is 5.50. The van der Waals surface area contributed by atoms with Gasteiger partial charge in [0.25, 0.3) is 0 Å². The summed E-state index contributed by atoms with van der Waals surface area (Å²) >= 11 is 0. The number of rotatable bonds is 7. The van der Waals surface area contributed by atoms with Gasteiger partial charge in [0.1, 0.15) is 13.2 Å². The average Bonchev–Trinajstić information content (AvgIpc) is 2.36. The van der Waals surface area contributed by atoms with Gasteiger partial charge in [-0.05, 0) is 6.07 Å². The minimum atomic E-state index is -4.48. The maximum atomic E-state index is 11.8. The van der Waals surface area contributed by atoms with Gasteiger partial charge < -0.3 is 14.6 Å². The van der Waals surface area contributed by atoms with Crippen LogP contribution in [-0.4, -0.2) is 42.0 Å². The largest absolute Gasteiger partial charge is 0.484 e. The Morgan fingerprint density at radius 2 is 2.00 bits per heavy atom. The topological polar surface area (TPSA) is 98.9 Å². The van der Waals surface area contributed by atoms with Gasteiger partial charge in [-0.3, -0.25) is 10.1 Å². The minimum absolute atomic E-state index is 0.244. The van der Waals surface area contributed by atoms with Crippen LogP contribution in [0.3, 0.4) is 0 Å². The van der Waals surface area contributed by atoms with Crippen LogP contribution < -0.4 is 4.74 Å². The van der Waals surface area contributed by atoms with Crippen LogP contribution in [0.1, 0.15) is 10.4 Å². The Morgan fingerprint density at radius 1 is 1.33 bits per heavy atom. The Kier molecular flexibility index (Phi) is 5.47. The van der Waals surface area contributed by atoms with Crippen molar-refractivity contribution in [3.63, 3.8) is 0 Å². The van der Waals surface area contributed by atoms with E-state index in [0.29, 0.717) is 0 Å². The van der Waals surface area contributed by atoms with Crippen molar-refractivity contribution >= 4 is 11.7 Å². The highest BCUT2D eigenvalue weighted by atomic mass is 19.4. The normalized spacial score (nSPS) is 11.2. The molecule has 0 spiro atoms. The van der Waals surface area contributed by atoms with E-state index in [0.717, 1.165) is 18.2 Å². The summed E-state index contributed by atoms with van der Waals surface area (Å²) in [6, 6.07) is 2.88. The molecular formula is C11H10F3NO6. The lowest BCUT2D eigenvalue weighted by molar-refractivity contribution is -0.385. The van der Waals surface area contributed by atoms with Crippen molar-refractivity contribution < 1.29 is 37.5 Å². The smallest absolute Gasteiger partial charge is 0.411 e. The number of carboxylic acids is 1. The van der Waals surface area contributed by atoms with Crippen LogP contribution in [0.2, 0.25) is 0 Å². The van der Waals surface area contributed by atoms with Crippen LogP contribution in [0.5, 0.6) is 5.75 Å². The second-order valence-corrected chi connectivity index (χ2v) is 3.76. The lowest BCUT2D eigenvalue weighted by Gasteiger charge is -2.09. The molecule has 7 nitrogen and oxygen atoms in total. The van der Waals surface area contributed by atoms with E-state index >= 15 is 0 Å². The number of carboxylic acid groups (broad SMARTS) is 1. The highest BCUT2D eigenvalue weighted by molar-refractivity contribution is 5.88. The fourth-order valence-corrected chi connectivity index (χ4v) is 1.31. The highest BCUT2D eigenvalue weighted by Gasteiger charge is 2.27. The van der Waals surface area contributed by atoms with E-state index in [9.17, 15) is 28.1 Å². The molecule has 1 aromatic carbocycles. The summed E-state index contributed by atoms with van der Waals surface area (Å²) in [7, 11) is 0. The van der Waals surface area contributed by atoms with Crippen molar-refractivity contribution in [1.82, 2.24) is 0 Å². The fourth-order valence-electron chi connectivity index (χ4n) is 1.31. The third kappa shape index (κ3) is 5.65. The van der Waals surface area contributed by atoms with Crippen LogP contribution in [-0.2, 0) is 4.74 Å². The average molecular weight is 309 g/mol. The van der Waals surface area contributed by atoms with Crippen molar-refractivity contribution in [1.29, 1.82) is 0 Å². The van der Waals surface area contributed by atoms with Gasteiger partial charge in [0.2, 0.25) is 0 Å². The summed E-state index contributed by atoms with van der Waals surface area (Å²) in [4.78, 5) is 20.7. The minimum Gasteiger partial charge on any atom is -0.484 e. The maximum Gasteiger partial charge on any atom is 0.411 e. The number of hydrogen-bond donors (Lipinski definition) is 1. The van der Waals surface area contributed by atoms with Crippen molar-refractivity contribution in [2.75, 3.05) is 19.8 Å². The molecule has 10 heteroatoms. The number of halogens is 3. The van der Waals surface area contributed by atoms with Crippen molar-refractivity contribution in [3.8, 4) is 5.75 Å². The van der Waals surface area contributed by atoms with Crippen LogP contribution >= 0.6 is 0 Å². The number of carbonyl (C=O) groups is 1. The first kappa shape index (κ1) is 16.7. The summed E-state index contributed by atoms with van der Waals surface area (Å²) in [5, 5.41) is 19.5. The first-order valence-corrected chi connectivity index (χ1v) is 5.50. The number of hydrogen-bond acceptors (Lipinski definition) is 5. The Morgan fingerprint density at radius 3 is 2.52 bits per heavy atom. The molecule has 0 saturated carbocycles. The number of aromatic carboxylic acids is 1. The molecule has 1 rings (SSSR count). The summed E-state index contributed by atoms with van der Waals surface area (Å²) in [5.41, 5.74) is -0.734. The molecule has 0 heterocycles. The van der Waals surface area contributed by atoms with E-state index in [1.54, 1.807) is 0 Å². The predicted molar refractivity (Wildman–Crippen MR) is 62.4 cm³/mol. The molecule has 0 atom stereocenters. The van der Waals surface area contributed by atoms with Crippen molar-refractivity contribution in [2.24, 2.45) is 0 Å². The van der Waals surface area contributed by atoms with Gasteiger partial charge >= 0.3 is 17.8 Å². The lowest BCUT2D eigenvalue weighted by atomic mass is 10.2. The monoisotopic (exact) mass is 309 g/mol. The molecule has 0 amide bonds. The standard InChI is InChI=1S/C11H10F3NO6/c12-11(13,14)6-20-3-4-21-9-5-7(10(16)17)1-2-8(9)15(18)19/h1-2,5H,3-4,6H2,(H,16,17). The fraction of sp³-hybridized carbons (Fsp3) is 0.364. The van der Waals surface area contributed by atoms with E-state index in [1.165, 1.54) is 0 Å². The molecule has 0 fully saturated rings. The number of alkyl halides is 3. The van der Waals surface area contributed by atoms with Crippen LogP contribution in [0.4, 0.5) is 18.9 Å². The van der Waals surface area contributed by atoms with Crippen LogP contribution in [0.15, 0.2) is 18.2 Å². The van der Waals surface area contributed by atoms with E-state index in [4.69, 9.17) is 9.84 Å². The summed E-state index contributed by atoms with van der Waals surface area (Å²) in [6.45, 7) is -2.30. The SMILES string of the molecule is O=C(O)c1ccc([N+](=O)[O-])c(OCCOCC(F)(F)F)c1. The quantitative estimate of drug-likeness (QED) is 0.471. The molecule has 1 aromatic rings. The third-order valence-corrected chi connectivity index (χ3v) is 2.15. The second kappa shape index (κ2) is 6.88. The van der Waals surface area contributed by atoms with Gasteiger partial charge in [0.15, 0.2) is 5.75 Å². The first-order chi connectivity index (χ1) is 9.70. The van der Waals surface area contributed by atoms with Crippen molar-refractivity contribution in [2.45, 2.75) is 6.18 Å². The summed E-state index contributed by atoms with van der Waals surface area (Å²) < 4.78 is 44.6. The number of nitrogens with zero attached hydrogens (tertiary/aromatic N) is 1. The molecule has 0 saturated heterocycles. The zero-order valence-corrected chi connectivity index (χ0v) is 10.4. The molecule has 1 N–H and O–H groups in total. The molecule has 0 aliphatic rings. The molecule has 0 bridgehead atoms. The van der Waals surface area contributed by atoms with Gasteiger partial charge in [-0.2, -0.15) is 13.2 Å². The van der Waals surface area contributed by atoms with Gasteiger partial charge in [0.05, 0.1) is 17.1 Å². The maximum absolute atomic E-state index is 11.8. The molecule has 116 valence electrons. The number of nitro groups is 1. The van der Waals surface area contributed by atoms with Gasteiger partial charge in [0, 0.05) is 12.1 Å². The Labute approximate surface area is 116 Å². The summed E-state index contributed by atoms with van der Waals surface area (Å²) in [6.07, 6.45) is -4.48. The van der Waals surface area contributed by atoms with Gasteiger partial charge in [-0.1, -0.05) is 0 Å². The van der Waals surface area contributed by atoms with Crippen LogP contribution in [0, 0.1) is 10.1 Å². The molecule has 0 aromatic heterocycles. The van der Waals surface area contributed by atoms with E-state index in [1.807, 2.05) is 0 Å². The van der Waals surface area contributed by atoms with E-state index in [2.05, 4.69) is 4.74 Å². The van der Waals surface area contributed by atoms with Gasteiger partial charge in [-0.25, -0.2) is 4.79 Å². The molecule has 0 aliphatic carbocycles. The molecule has 0 radical (unpaired) electrons. The number of nitro benzene ring substituents is 1. The molecule has 0 unspecified atom stereocenters. The molecule has 0 aliphatic heterocycles. The highest BCUT2D eigenvalue weighted by Crippen LogP contribution is 2.28. The number of benzene rings is 1. The Hall–Kier alpha value is -2.36. The third-order valence-electron chi connectivity index (χ3n) is 2.15. The predicted octanol–water partition coefficient (Wildman–Crippen LogP) is 2.25. The van der Waals surface area contributed by atoms with Gasteiger partial charge in [-0.15, -0.1) is 0 Å².